The highest BCUT2D eigenvalue weighted by Gasteiger charge is 2.29. The first-order valence-electron chi connectivity index (χ1n) is 7.68. The fraction of sp³-hybridized carbons (Fsp3) is 0.667. The predicted molar refractivity (Wildman–Crippen MR) is 84.9 cm³/mol. The van der Waals surface area contributed by atoms with Crippen molar-refractivity contribution in [3.63, 3.8) is 0 Å². The van der Waals surface area contributed by atoms with Gasteiger partial charge in [0.2, 0.25) is 5.91 Å². The zero-order valence-corrected chi connectivity index (χ0v) is 13.4. The van der Waals surface area contributed by atoms with Crippen molar-refractivity contribution >= 4 is 17.5 Å². The summed E-state index contributed by atoms with van der Waals surface area (Å²) in [6.45, 7) is 7.98. The number of carbonyl (C=O) groups excluding carboxylic acids is 1. The van der Waals surface area contributed by atoms with Gasteiger partial charge in [-0.2, -0.15) is 0 Å². The molecule has 0 spiro atoms. The SMILES string of the molecule is CCNc1nc(C2CC2)nc(N(CC)CC(=O)NC)c1C. The lowest BCUT2D eigenvalue weighted by molar-refractivity contribution is -0.119. The minimum Gasteiger partial charge on any atom is -0.370 e. The molecule has 0 aliphatic heterocycles. The standard InChI is InChI=1S/C15H25N5O/c1-5-17-13-10(3)15(19-14(18-13)11-7-8-11)20(6-2)9-12(21)16-4/h11H,5-9H2,1-4H3,(H,16,21)(H,17,18,19). The summed E-state index contributed by atoms with van der Waals surface area (Å²) >= 11 is 0. The zero-order valence-electron chi connectivity index (χ0n) is 13.4. The molecule has 2 rings (SSSR count). The van der Waals surface area contributed by atoms with Crippen molar-refractivity contribution in [1.82, 2.24) is 15.3 Å². The first kappa shape index (κ1) is 15.5. The van der Waals surface area contributed by atoms with Crippen LogP contribution in [0.3, 0.4) is 0 Å². The minimum absolute atomic E-state index is 0.00663. The lowest BCUT2D eigenvalue weighted by Crippen LogP contribution is -2.36. The van der Waals surface area contributed by atoms with Crippen LogP contribution < -0.4 is 15.5 Å². The van der Waals surface area contributed by atoms with E-state index in [4.69, 9.17) is 4.98 Å². The normalized spacial score (nSPS) is 13.9. The number of hydrogen-bond donors (Lipinski definition) is 2. The Morgan fingerprint density at radius 2 is 2.05 bits per heavy atom. The fourth-order valence-electron chi connectivity index (χ4n) is 2.28. The van der Waals surface area contributed by atoms with E-state index in [-0.39, 0.29) is 5.91 Å². The molecule has 1 amide bonds. The molecule has 0 bridgehead atoms. The predicted octanol–water partition coefficient (Wildman–Crippen LogP) is 1.67. The number of aromatic nitrogens is 2. The van der Waals surface area contributed by atoms with Gasteiger partial charge in [0, 0.05) is 31.6 Å². The van der Waals surface area contributed by atoms with Crippen molar-refractivity contribution < 1.29 is 4.79 Å². The van der Waals surface area contributed by atoms with E-state index in [2.05, 4.69) is 22.5 Å². The summed E-state index contributed by atoms with van der Waals surface area (Å²) < 4.78 is 0. The maximum absolute atomic E-state index is 11.7. The van der Waals surface area contributed by atoms with Crippen LogP contribution in [0.4, 0.5) is 11.6 Å². The smallest absolute Gasteiger partial charge is 0.239 e. The quantitative estimate of drug-likeness (QED) is 0.799. The molecule has 21 heavy (non-hydrogen) atoms. The Labute approximate surface area is 126 Å². The van der Waals surface area contributed by atoms with Crippen LogP contribution in [0, 0.1) is 6.92 Å². The largest absolute Gasteiger partial charge is 0.370 e. The van der Waals surface area contributed by atoms with E-state index < -0.39 is 0 Å². The number of likely N-dealkylation sites (N-methyl/N-ethyl adjacent to an activating group) is 2. The van der Waals surface area contributed by atoms with Gasteiger partial charge in [0.05, 0.1) is 6.54 Å². The molecule has 1 saturated carbocycles. The van der Waals surface area contributed by atoms with Crippen molar-refractivity contribution in [2.24, 2.45) is 0 Å². The molecule has 1 aromatic rings. The van der Waals surface area contributed by atoms with Gasteiger partial charge in [-0.3, -0.25) is 4.79 Å². The summed E-state index contributed by atoms with van der Waals surface area (Å²) in [7, 11) is 1.66. The number of rotatable bonds is 7. The summed E-state index contributed by atoms with van der Waals surface area (Å²) in [6.07, 6.45) is 2.32. The lowest BCUT2D eigenvalue weighted by Gasteiger charge is -2.24. The van der Waals surface area contributed by atoms with Crippen molar-refractivity contribution in [3.05, 3.63) is 11.4 Å². The van der Waals surface area contributed by atoms with Crippen LogP contribution in [0.2, 0.25) is 0 Å². The first-order chi connectivity index (χ1) is 10.1. The molecular weight excluding hydrogens is 266 g/mol. The molecule has 1 aromatic heterocycles. The Morgan fingerprint density at radius 3 is 2.57 bits per heavy atom. The summed E-state index contributed by atoms with van der Waals surface area (Å²) in [5.74, 6) is 3.14. The minimum atomic E-state index is -0.00663. The van der Waals surface area contributed by atoms with E-state index >= 15 is 0 Å². The number of amides is 1. The Morgan fingerprint density at radius 1 is 1.33 bits per heavy atom. The Bertz CT molecular complexity index is 513. The average Bonchev–Trinajstić information content (AvgIpc) is 3.31. The van der Waals surface area contributed by atoms with E-state index in [1.807, 2.05) is 18.7 Å². The monoisotopic (exact) mass is 291 g/mol. The summed E-state index contributed by atoms with van der Waals surface area (Å²) in [5, 5.41) is 5.98. The van der Waals surface area contributed by atoms with Crippen LogP contribution in [-0.4, -0.2) is 42.6 Å². The van der Waals surface area contributed by atoms with E-state index in [1.54, 1.807) is 7.05 Å². The highest BCUT2D eigenvalue weighted by Crippen LogP contribution is 2.40. The van der Waals surface area contributed by atoms with Crippen molar-refractivity contribution in [1.29, 1.82) is 0 Å². The van der Waals surface area contributed by atoms with Gasteiger partial charge in [0.15, 0.2) is 0 Å². The summed E-state index contributed by atoms with van der Waals surface area (Å²) in [4.78, 5) is 23.1. The zero-order chi connectivity index (χ0) is 15.4. The molecule has 1 aliphatic rings. The van der Waals surface area contributed by atoms with E-state index in [9.17, 15) is 4.79 Å². The third-order valence-electron chi connectivity index (χ3n) is 3.72. The van der Waals surface area contributed by atoms with E-state index in [0.29, 0.717) is 12.5 Å². The van der Waals surface area contributed by atoms with Gasteiger partial charge in [-0.1, -0.05) is 0 Å². The maximum atomic E-state index is 11.7. The summed E-state index contributed by atoms with van der Waals surface area (Å²) in [5.41, 5.74) is 1.01. The molecule has 6 heteroatoms. The van der Waals surface area contributed by atoms with E-state index in [1.165, 1.54) is 0 Å². The molecule has 0 radical (unpaired) electrons. The summed E-state index contributed by atoms with van der Waals surface area (Å²) in [6, 6.07) is 0. The second-order valence-electron chi connectivity index (χ2n) is 5.37. The molecule has 1 heterocycles. The third-order valence-corrected chi connectivity index (χ3v) is 3.72. The van der Waals surface area contributed by atoms with Crippen molar-refractivity contribution in [3.8, 4) is 0 Å². The van der Waals surface area contributed by atoms with Gasteiger partial charge < -0.3 is 15.5 Å². The molecule has 0 saturated heterocycles. The topological polar surface area (TPSA) is 70.2 Å². The Balaban J connectivity index is 2.36. The van der Waals surface area contributed by atoms with Gasteiger partial charge in [-0.15, -0.1) is 0 Å². The van der Waals surface area contributed by atoms with Gasteiger partial charge in [0.25, 0.3) is 0 Å². The van der Waals surface area contributed by atoms with Gasteiger partial charge in [-0.05, 0) is 33.6 Å². The van der Waals surface area contributed by atoms with Crippen LogP contribution in [0.15, 0.2) is 0 Å². The molecule has 0 aromatic carbocycles. The van der Waals surface area contributed by atoms with Gasteiger partial charge in [-0.25, -0.2) is 9.97 Å². The Kier molecular flexibility index (Phi) is 4.98. The fourth-order valence-corrected chi connectivity index (χ4v) is 2.28. The number of nitrogens with one attached hydrogen (secondary N) is 2. The number of nitrogens with zero attached hydrogens (tertiary/aromatic N) is 3. The molecule has 2 N–H and O–H groups in total. The maximum Gasteiger partial charge on any atom is 0.239 e. The third kappa shape index (κ3) is 3.62. The van der Waals surface area contributed by atoms with Crippen LogP contribution in [0.5, 0.6) is 0 Å². The molecule has 0 atom stereocenters. The molecule has 0 unspecified atom stereocenters. The second kappa shape index (κ2) is 6.74. The molecule has 1 aliphatic carbocycles. The first-order valence-corrected chi connectivity index (χ1v) is 7.68. The van der Waals surface area contributed by atoms with Gasteiger partial charge >= 0.3 is 0 Å². The number of anilines is 2. The van der Waals surface area contributed by atoms with Crippen LogP contribution in [-0.2, 0) is 4.79 Å². The number of hydrogen-bond acceptors (Lipinski definition) is 5. The number of carbonyl (C=O) groups is 1. The molecule has 116 valence electrons. The Hall–Kier alpha value is -1.85. The lowest BCUT2D eigenvalue weighted by atomic mass is 10.2. The van der Waals surface area contributed by atoms with E-state index in [0.717, 1.165) is 49.0 Å². The van der Waals surface area contributed by atoms with Crippen molar-refractivity contribution in [2.75, 3.05) is 36.9 Å². The average molecular weight is 291 g/mol. The molecule has 1 fully saturated rings. The van der Waals surface area contributed by atoms with Crippen LogP contribution in [0.25, 0.3) is 0 Å². The highest BCUT2D eigenvalue weighted by atomic mass is 16.1. The second-order valence-corrected chi connectivity index (χ2v) is 5.37. The van der Waals surface area contributed by atoms with Crippen LogP contribution >= 0.6 is 0 Å². The molecular formula is C15H25N5O. The van der Waals surface area contributed by atoms with Crippen molar-refractivity contribution in [2.45, 2.75) is 39.5 Å². The van der Waals surface area contributed by atoms with Crippen LogP contribution in [0.1, 0.15) is 44.0 Å². The highest BCUT2D eigenvalue weighted by molar-refractivity contribution is 5.81. The van der Waals surface area contributed by atoms with Gasteiger partial charge in [0.1, 0.15) is 17.5 Å². The molecule has 6 nitrogen and oxygen atoms in total.